The molecule has 2 N–H and O–H groups in total. The van der Waals surface area contributed by atoms with Crippen LogP contribution in [-0.4, -0.2) is 31.2 Å². The van der Waals surface area contributed by atoms with E-state index in [2.05, 4.69) is 32.3 Å². The van der Waals surface area contributed by atoms with Crippen LogP contribution in [0.3, 0.4) is 0 Å². The molecule has 7 heteroatoms. The number of carboxylic acids is 1. The summed E-state index contributed by atoms with van der Waals surface area (Å²) >= 11 is 0. The van der Waals surface area contributed by atoms with Crippen LogP contribution in [0.4, 0.5) is 4.39 Å². The minimum Gasteiger partial charge on any atom is -0.478 e. The van der Waals surface area contributed by atoms with Crippen molar-refractivity contribution < 1.29 is 14.3 Å². The summed E-state index contributed by atoms with van der Waals surface area (Å²) < 4.78 is 14.3. The van der Waals surface area contributed by atoms with Gasteiger partial charge in [-0.2, -0.15) is 4.39 Å². The zero-order chi connectivity index (χ0) is 22.8. The second kappa shape index (κ2) is 8.78. The van der Waals surface area contributed by atoms with E-state index in [0.717, 1.165) is 41.2 Å². The molecule has 0 spiro atoms. The average Bonchev–Trinajstić information content (AvgIpc) is 3.17. The van der Waals surface area contributed by atoms with Crippen LogP contribution in [-0.2, 0) is 4.79 Å². The maximum absolute atomic E-state index is 14.3. The molecule has 1 aliphatic carbocycles. The molecule has 0 atom stereocenters. The number of halogens is 1. The number of aliphatic carboxylic acids is 1. The van der Waals surface area contributed by atoms with Crippen LogP contribution in [0.2, 0.25) is 0 Å². The lowest BCUT2D eigenvalue weighted by atomic mass is 9.73. The molecule has 1 fully saturated rings. The molecule has 5 rings (SSSR count). The number of carboxylic acid groups (broad SMARTS) is 1. The molecule has 0 radical (unpaired) electrons. The number of H-pyrrole nitrogens is 1. The van der Waals surface area contributed by atoms with E-state index < -0.39 is 11.9 Å². The maximum atomic E-state index is 14.3. The molecule has 6 nitrogen and oxygen atoms in total. The molecular formula is C26H21FN4O2. The Morgan fingerprint density at radius 3 is 2.45 bits per heavy atom. The Labute approximate surface area is 189 Å². The van der Waals surface area contributed by atoms with Crippen molar-refractivity contribution in [3.05, 3.63) is 95.5 Å². The largest absolute Gasteiger partial charge is 0.478 e. The number of allylic oxidation sites excluding steroid dienone is 1. The van der Waals surface area contributed by atoms with Crippen LogP contribution >= 0.6 is 0 Å². The third kappa shape index (κ3) is 4.17. The molecule has 33 heavy (non-hydrogen) atoms. The van der Waals surface area contributed by atoms with E-state index in [-0.39, 0.29) is 0 Å². The van der Waals surface area contributed by atoms with E-state index in [1.807, 2.05) is 36.4 Å². The molecular weight excluding hydrogens is 419 g/mol. The third-order valence-corrected chi connectivity index (χ3v) is 6.01. The highest BCUT2D eigenvalue weighted by molar-refractivity contribution is 6.01. The fourth-order valence-electron chi connectivity index (χ4n) is 4.21. The van der Waals surface area contributed by atoms with E-state index in [0.29, 0.717) is 22.6 Å². The summed E-state index contributed by atoms with van der Waals surface area (Å²) in [5.74, 6) is -0.919. The molecule has 1 aliphatic rings. The number of aromatic amines is 1. The second-order valence-electron chi connectivity index (χ2n) is 8.06. The highest BCUT2D eigenvalue weighted by Crippen LogP contribution is 2.45. The Kier molecular flexibility index (Phi) is 5.52. The van der Waals surface area contributed by atoms with Crippen molar-refractivity contribution in [3.63, 3.8) is 0 Å². The van der Waals surface area contributed by atoms with Crippen LogP contribution in [0.25, 0.3) is 28.1 Å². The average molecular weight is 440 g/mol. The second-order valence-corrected chi connectivity index (χ2v) is 8.06. The maximum Gasteiger partial charge on any atom is 0.328 e. The number of fused-ring (bicyclic) bond motifs is 1. The summed E-state index contributed by atoms with van der Waals surface area (Å²) in [6.45, 7) is 0. The molecule has 1 saturated carbocycles. The van der Waals surface area contributed by atoms with Gasteiger partial charge >= 0.3 is 5.97 Å². The van der Waals surface area contributed by atoms with Crippen molar-refractivity contribution >= 4 is 34.1 Å². The van der Waals surface area contributed by atoms with Crippen molar-refractivity contribution in [1.29, 1.82) is 0 Å². The third-order valence-electron chi connectivity index (χ3n) is 6.01. The number of aromatic nitrogens is 4. The summed E-state index contributed by atoms with van der Waals surface area (Å²) in [4.78, 5) is 19.5. The molecule has 0 saturated heterocycles. The highest BCUT2D eigenvalue weighted by Gasteiger charge is 2.27. The summed E-state index contributed by atoms with van der Waals surface area (Å²) in [5, 5.41) is 15.7. The number of carbonyl (C=O) groups is 1. The Morgan fingerprint density at radius 2 is 1.79 bits per heavy atom. The van der Waals surface area contributed by atoms with Crippen LogP contribution in [0.15, 0.2) is 67.0 Å². The Hall–Kier alpha value is -4.13. The van der Waals surface area contributed by atoms with Gasteiger partial charge in [0.05, 0.1) is 10.9 Å². The predicted molar refractivity (Wildman–Crippen MR) is 124 cm³/mol. The minimum atomic E-state index is -1.06. The lowest BCUT2D eigenvalue weighted by Gasteiger charge is -2.31. The number of hydrogen-bond acceptors (Lipinski definition) is 4. The number of hydrogen-bond donors (Lipinski definition) is 2. The van der Waals surface area contributed by atoms with Crippen molar-refractivity contribution in [2.75, 3.05) is 0 Å². The van der Waals surface area contributed by atoms with Crippen LogP contribution in [0.1, 0.15) is 41.8 Å². The van der Waals surface area contributed by atoms with Gasteiger partial charge in [-0.05, 0) is 59.2 Å². The molecule has 0 aliphatic heterocycles. The van der Waals surface area contributed by atoms with Crippen molar-refractivity contribution in [2.24, 2.45) is 5.92 Å². The minimum absolute atomic E-state index is 0.307. The van der Waals surface area contributed by atoms with Gasteiger partial charge in [0.1, 0.15) is 0 Å². The van der Waals surface area contributed by atoms with E-state index in [9.17, 15) is 9.18 Å². The Balaban J connectivity index is 1.73. The molecule has 164 valence electrons. The first-order valence-electron chi connectivity index (χ1n) is 10.8. The smallest absolute Gasteiger partial charge is 0.328 e. The molecule has 2 heterocycles. The van der Waals surface area contributed by atoms with Gasteiger partial charge in [-0.15, -0.1) is 5.10 Å². The summed E-state index contributed by atoms with van der Waals surface area (Å²) in [6.07, 6.45) is 9.08. The first-order valence-corrected chi connectivity index (χ1v) is 10.8. The van der Waals surface area contributed by atoms with Gasteiger partial charge in [-0.1, -0.05) is 42.8 Å². The van der Waals surface area contributed by atoms with Crippen LogP contribution < -0.4 is 0 Å². The Bertz CT molecular complexity index is 1370. The first kappa shape index (κ1) is 20.8. The zero-order valence-corrected chi connectivity index (χ0v) is 17.7. The summed E-state index contributed by atoms with van der Waals surface area (Å²) in [6, 6.07) is 15.8. The monoisotopic (exact) mass is 440 g/mol. The lowest BCUT2D eigenvalue weighted by molar-refractivity contribution is -0.131. The van der Waals surface area contributed by atoms with Gasteiger partial charge < -0.3 is 5.11 Å². The van der Waals surface area contributed by atoms with Crippen molar-refractivity contribution in [3.8, 4) is 0 Å². The fourth-order valence-corrected chi connectivity index (χ4v) is 4.21. The first-order chi connectivity index (χ1) is 16.1. The molecule has 0 unspecified atom stereocenters. The fraction of sp³-hybridized carbons (Fsp3) is 0.154. The van der Waals surface area contributed by atoms with Crippen LogP contribution in [0.5, 0.6) is 0 Å². The topological polar surface area (TPSA) is 91.8 Å². The molecule has 4 aromatic rings. The SMILES string of the molecule is O=C(O)C=Cc1ncc(C(=C(c2ccccc2)C2CCC2)c2ccc3[nH]nc(F)c3c2)cn1. The van der Waals surface area contributed by atoms with Gasteiger partial charge in [0, 0.05) is 24.0 Å². The number of nitrogens with zero attached hydrogens (tertiary/aromatic N) is 3. The normalized spacial score (nSPS) is 14.9. The van der Waals surface area contributed by atoms with Gasteiger partial charge in [-0.25, -0.2) is 14.8 Å². The molecule has 0 bridgehead atoms. The standard InChI is InChI=1S/C26H21FN4O2/c27-26-20-13-18(9-10-21(20)30-31-26)25(19-14-28-22(29-15-19)11-12-23(32)33)24(17-7-4-8-17)16-5-2-1-3-6-16/h1-3,5-6,9-15,17H,4,7-8H2,(H,30,31)(H,32,33). The number of rotatable bonds is 6. The zero-order valence-electron chi connectivity index (χ0n) is 17.7. The Morgan fingerprint density at radius 1 is 1.03 bits per heavy atom. The lowest BCUT2D eigenvalue weighted by Crippen LogP contribution is -2.15. The van der Waals surface area contributed by atoms with E-state index >= 15 is 0 Å². The van der Waals surface area contributed by atoms with Gasteiger partial charge in [-0.3, -0.25) is 5.10 Å². The highest BCUT2D eigenvalue weighted by atomic mass is 19.1. The van der Waals surface area contributed by atoms with Crippen molar-refractivity contribution in [2.45, 2.75) is 19.3 Å². The molecule has 0 amide bonds. The van der Waals surface area contributed by atoms with E-state index in [1.54, 1.807) is 12.4 Å². The van der Waals surface area contributed by atoms with E-state index in [1.165, 1.54) is 18.1 Å². The van der Waals surface area contributed by atoms with E-state index in [4.69, 9.17) is 5.11 Å². The molecule has 2 aromatic carbocycles. The van der Waals surface area contributed by atoms with Gasteiger partial charge in [0.25, 0.3) is 0 Å². The summed E-state index contributed by atoms with van der Waals surface area (Å²) in [5.41, 5.74) is 5.51. The van der Waals surface area contributed by atoms with Crippen LogP contribution in [0, 0.1) is 11.9 Å². The summed E-state index contributed by atoms with van der Waals surface area (Å²) in [7, 11) is 0. The predicted octanol–water partition coefficient (Wildman–Crippen LogP) is 5.35. The number of nitrogens with one attached hydrogen (secondary N) is 1. The van der Waals surface area contributed by atoms with Gasteiger partial charge in [0.2, 0.25) is 5.95 Å². The van der Waals surface area contributed by atoms with Crippen molar-refractivity contribution in [1.82, 2.24) is 20.2 Å². The number of benzene rings is 2. The quantitative estimate of drug-likeness (QED) is 0.312. The molecule has 2 aromatic heterocycles. The van der Waals surface area contributed by atoms with Gasteiger partial charge in [0.15, 0.2) is 5.82 Å².